The maximum atomic E-state index is 12.7. The largest absolute Gasteiger partial charge is 0.361 e. The third-order valence-electron chi connectivity index (χ3n) is 6.15. The fraction of sp³-hybridized carbons (Fsp3) is 0.360. The average Bonchev–Trinajstić information content (AvgIpc) is 3.29. The van der Waals surface area contributed by atoms with E-state index in [1.807, 2.05) is 41.4 Å². The zero-order chi connectivity index (χ0) is 23.9. The highest BCUT2D eigenvalue weighted by atomic mass is 16.2. The molecule has 0 bridgehead atoms. The fourth-order valence-corrected chi connectivity index (χ4v) is 4.08. The summed E-state index contributed by atoms with van der Waals surface area (Å²) in [6.07, 6.45) is 6.41. The molecule has 0 saturated carbocycles. The number of carbonyl (C=O) groups excluding carboxylic acids is 3. The molecule has 0 aliphatic carbocycles. The molecular formula is C25H30N6O3. The predicted octanol–water partition coefficient (Wildman–Crippen LogP) is 2.05. The monoisotopic (exact) mass is 462 g/mol. The van der Waals surface area contributed by atoms with Gasteiger partial charge in [-0.15, -0.1) is 0 Å². The van der Waals surface area contributed by atoms with Gasteiger partial charge >= 0.3 is 6.03 Å². The summed E-state index contributed by atoms with van der Waals surface area (Å²) in [5.74, 6) is -0.162. The van der Waals surface area contributed by atoms with Gasteiger partial charge in [-0.1, -0.05) is 18.2 Å². The summed E-state index contributed by atoms with van der Waals surface area (Å²) in [5, 5.41) is 6.71. The summed E-state index contributed by atoms with van der Waals surface area (Å²) in [7, 11) is 0. The van der Waals surface area contributed by atoms with Gasteiger partial charge in [0.15, 0.2) is 0 Å². The molecule has 9 heteroatoms. The Bertz CT molecular complexity index is 1140. The Hall–Kier alpha value is -3.88. The second-order valence-corrected chi connectivity index (χ2v) is 8.47. The quantitative estimate of drug-likeness (QED) is 0.499. The van der Waals surface area contributed by atoms with Crippen LogP contribution >= 0.6 is 0 Å². The number of aromatic nitrogens is 2. The zero-order valence-electron chi connectivity index (χ0n) is 19.3. The number of amides is 4. The van der Waals surface area contributed by atoms with Crippen molar-refractivity contribution in [1.82, 2.24) is 30.4 Å². The molecule has 9 nitrogen and oxygen atoms in total. The molecule has 1 saturated heterocycles. The second kappa shape index (κ2) is 10.8. The van der Waals surface area contributed by atoms with Gasteiger partial charge in [0.25, 0.3) is 0 Å². The van der Waals surface area contributed by atoms with Gasteiger partial charge in [-0.25, -0.2) is 4.79 Å². The molecule has 1 aromatic carbocycles. The highest BCUT2D eigenvalue weighted by Crippen LogP contribution is 2.19. The Kier molecular flexibility index (Phi) is 7.41. The summed E-state index contributed by atoms with van der Waals surface area (Å²) in [5.41, 5.74) is 3.15. The molecule has 0 spiro atoms. The SMILES string of the molecule is CC(NC(=O)N1CCN(C(=O)CCc2c[nH]c3ccccc23)CC1)C(=O)NCc1ccncc1. The van der Waals surface area contributed by atoms with Crippen LogP contribution in [0.5, 0.6) is 0 Å². The lowest BCUT2D eigenvalue weighted by Gasteiger charge is -2.35. The number of hydrogen-bond donors (Lipinski definition) is 3. The summed E-state index contributed by atoms with van der Waals surface area (Å²) in [6.45, 7) is 3.89. The molecular weight excluding hydrogens is 432 g/mol. The molecule has 2 aromatic heterocycles. The maximum Gasteiger partial charge on any atom is 0.318 e. The van der Waals surface area contributed by atoms with E-state index in [-0.39, 0.29) is 17.8 Å². The first-order chi connectivity index (χ1) is 16.5. The molecule has 178 valence electrons. The lowest BCUT2D eigenvalue weighted by Crippen LogP contribution is -2.56. The van der Waals surface area contributed by atoms with E-state index in [0.717, 1.165) is 22.0 Å². The second-order valence-electron chi connectivity index (χ2n) is 8.47. The number of H-pyrrole nitrogens is 1. The molecule has 34 heavy (non-hydrogen) atoms. The van der Waals surface area contributed by atoms with Gasteiger partial charge in [0.1, 0.15) is 6.04 Å². The molecule has 1 atom stereocenters. The fourth-order valence-electron chi connectivity index (χ4n) is 4.08. The van der Waals surface area contributed by atoms with Crippen LogP contribution in [-0.2, 0) is 22.6 Å². The van der Waals surface area contributed by atoms with Gasteiger partial charge in [-0.2, -0.15) is 0 Å². The Balaban J connectivity index is 1.18. The number of hydrogen-bond acceptors (Lipinski definition) is 4. The van der Waals surface area contributed by atoms with Gasteiger partial charge in [0.05, 0.1) is 0 Å². The van der Waals surface area contributed by atoms with Crippen molar-refractivity contribution in [3.63, 3.8) is 0 Å². The molecule has 1 fully saturated rings. The van der Waals surface area contributed by atoms with Crippen LogP contribution in [0.4, 0.5) is 4.79 Å². The molecule has 1 unspecified atom stereocenters. The number of carbonyl (C=O) groups is 3. The Morgan fingerprint density at radius 2 is 1.74 bits per heavy atom. The third-order valence-corrected chi connectivity index (χ3v) is 6.15. The van der Waals surface area contributed by atoms with Gasteiger partial charge in [-0.3, -0.25) is 14.6 Å². The summed E-state index contributed by atoms with van der Waals surface area (Å²) in [4.78, 5) is 48.2. The van der Waals surface area contributed by atoms with Gasteiger partial charge in [0, 0.05) is 68.6 Å². The number of rotatable bonds is 7. The number of nitrogens with one attached hydrogen (secondary N) is 3. The molecule has 3 heterocycles. The van der Waals surface area contributed by atoms with Crippen LogP contribution in [0.3, 0.4) is 0 Å². The predicted molar refractivity (Wildman–Crippen MR) is 129 cm³/mol. The minimum Gasteiger partial charge on any atom is -0.361 e. The van der Waals surface area contributed by atoms with Crippen LogP contribution in [0.1, 0.15) is 24.5 Å². The number of aryl methyl sites for hydroxylation is 1. The molecule has 1 aliphatic rings. The van der Waals surface area contributed by atoms with Crippen molar-refractivity contribution >= 4 is 28.7 Å². The van der Waals surface area contributed by atoms with Crippen molar-refractivity contribution in [2.75, 3.05) is 26.2 Å². The minimum absolute atomic E-state index is 0.0918. The van der Waals surface area contributed by atoms with E-state index >= 15 is 0 Å². The van der Waals surface area contributed by atoms with Crippen molar-refractivity contribution in [3.05, 3.63) is 66.1 Å². The van der Waals surface area contributed by atoms with Crippen LogP contribution in [0.15, 0.2) is 55.0 Å². The van der Waals surface area contributed by atoms with E-state index in [4.69, 9.17) is 0 Å². The molecule has 3 aromatic rings. The number of fused-ring (bicyclic) bond motifs is 1. The summed E-state index contributed by atoms with van der Waals surface area (Å²) >= 11 is 0. The smallest absolute Gasteiger partial charge is 0.318 e. The van der Waals surface area contributed by atoms with Crippen LogP contribution in [0.2, 0.25) is 0 Å². The Morgan fingerprint density at radius 1 is 1.03 bits per heavy atom. The van der Waals surface area contributed by atoms with E-state index in [9.17, 15) is 14.4 Å². The van der Waals surface area contributed by atoms with Crippen LogP contribution in [0.25, 0.3) is 10.9 Å². The Labute approximate surface area is 198 Å². The number of nitrogens with zero attached hydrogens (tertiary/aromatic N) is 3. The maximum absolute atomic E-state index is 12.7. The van der Waals surface area contributed by atoms with Crippen LogP contribution in [0, 0.1) is 0 Å². The van der Waals surface area contributed by atoms with Crippen molar-refractivity contribution in [2.45, 2.75) is 32.4 Å². The van der Waals surface area contributed by atoms with E-state index in [0.29, 0.717) is 45.6 Å². The number of para-hydroxylation sites is 1. The van der Waals surface area contributed by atoms with Crippen molar-refractivity contribution in [1.29, 1.82) is 0 Å². The molecule has 4 amide bonds. The topological polar surface area (TPSA) is 110 Å². The lowest BCUT2D eigenvalue weighted by atomic mass is 10.1. The standard InChI is InChI=1S/C25H30N6O3/c1-18(24(33)28-16-19-8-10-26-11-9-19)29-25(34)31-14-12-30(13-15-31)23(32)7-6-20-17-27-22-5-3-2-4-21(20)22/h2-5,8-11,17-18,27H,6-7,12-16H2,1H3,(H,28,33)(H,29,34). The molecule has 4 rings (SSSR count). The highest BCUT2D eigenvalue weighted by Gasteiger charge is 2.26. The van der Waals surface area contributed by atoms with E-state index < -0.39 is 6.04 Å². The zero-order valence-corrected chi connectivity index (χ0v) is 19.3. The van der Waals surface area contributed by atoms with Crippen molar-refractivity contribution < 1.29 is 14.4 Å². The number of pyridine rings is 1. The van der Waals surface area contributed by atoms with Crippen LogP contribution in [-0.4, -0.2) is 69.8 Å². The van der Waals surface area contributed by atoms with Crippen molar-refractivity contribution in [3.8, 4) is 0 Å². The van der Waals surface area contributed by atoms with E-state index in [1.165, 1.54) is 0 Å². The Morgan fingerprint density at radius 3 is 2.50 bits per heavy atom. The van der Waals surface area contributed by atoms with Crippen molar-refractivity contribution in [2.24, 2.45) is 0 Å². The number of aromatic amines is 1. The first kappa shape index (κ1) is 23.3. The first-order valence-corrected chi connectivity index (χ1v) is 11.6. The molecule has 0 radical (unpaired) electrons. The van der Waals surface area contributed by atoms with E-state index in [1.54, 1.807) is 24.2 Å². The normalized spacial score (nSPS) is 14.6. The van der Waals surface area contributed by atoms with E-state index in [2.05, 4.69) is 26.7 Å². The molecule has 1 aliphatic heterocycles. The number of benzene rings is 1. The minimum atomic E-state index is -0.662. The summed E-state index contributed by atoms with van der Waals surface area (Å²) < 4.78 is 0. The number of piperazine rings is 1. The average molecular weight is 463 g/mol. The van der Waals surface area contributed by atoms with Gasteiger partial charge in [0.2, 0.25) is 11.8 Å². The third kappa shape index (κ3) is 5.72. The lowest BCUT2D eigenvalue weighted by molar-refractivity contribution is -0.132. The molecule has 3 N–H and O–H groups in total. The highest BCUT2D eigenvalue weighted by molar-refractivity contribution is 5.87. The van der Waals surface area contributed by atoms with Gasteiger partial charge < -0.3 is 25.4 Å². The van der Waals surface area contributed by atoms with Gasteiger partial charge in [-0.05, 0) is 42.7 Å². The van der Waals surface area contributed by atoms with Crippen LogP contribution < -0.4 is 10.6 Å². The number of urea groups is 1. The first-order valence-electron chi connectivity index (χ1n) is 11.6. The summed E-state index contributed by atoms with van der Waals surface area (Å²) in [6, 6.07) is 10.8.